The zero-order chi connectivity index (χ0) is 19.8. The molecule has 3 N–H and O–H groups in total. The van der Waals surface area contributed by atoms with E-state index in [1.165, 1.54) is 0 Å². The molecule has 2 aromatic carbocycles. The fraction of sp³-hybridized carbons (Fsp3) is 0.0500. The molecule has 0 radical (unpaired) electrons. The molecule has 0 fully saturated rings. The third-order valence-corrected chi connectivity index (χ3v) is 4.51. The van der Waals surface area contributed by atoms with E-state index in [1.807, 2.05) is 66.3 Å². The fourth-order valence-corrected chi connectivity index (χ4v) is 3.13. The van der Waals surface area contributed by atoms with Crippen LogP contribution in [0.1, 0.15) is 0 Å². The summed E-state index contributed by atoms with van der Waals surface area (Å²) in [7, 11) is 1.96. The van der Waals surface area contributed by atoms with Gasteiger partial charge >= 0.3 is 0 Å². The van der Waals surface area contributed by atoms with Crippen LogP contribution in [0.25, 0.3) is 28.2 Å². The molecule has 9 nitrogen and oxygen atoms in total. The van der Waals surface area contributed by atoms with E-state index in [1.54, 1.807) is 17.1 Å². The molecule has 5 aromatic rings. The van der Waals surface area contributed by atoms with Gasteiger partial charge < -0.3 is 15.6 Å². The van der Waals surface area contributed by atoms with E-state index in [2.05, 4.69) is 30.6 Å². The molecule has 0 aliphatic rings. The van der Waals surface area contributed by atoms with E-state index in [0.29, 0.717) is 22.8 Å². The molecule has 0 unspecified atom stereocenters. The first-order valence-electron chi connectivity index (χ1n) is 8.96. The zero-order valence-electron chi connectivity index (χ0n) is 15.6. The van der Waals surface area contributed by atoms with Crippen molar-refractivity contribution in [1.29, 1.82) is 0 Å². The van der Waals surface area contributed by atoms with Gasteiger partial charge in [-0.2, -0.15) is 9.67 Å². The second-order valence-corrected chi connectivity index (χ2v) is 6.57. The Balaban J connectivity index is 1.55. The van der Waals surface area contributed by atoms with Gasteiger partial charge in [0.2, 0.25) is 5.95 Å². The molecule has 5 rings (SSSR count). The smallest absolute Gasteiger partial charge is 0.229 e. The van der Waals surface area contributed by atoms with E-state index >= 15 is 0 Å². The van der Waals surface area contributed by atoms with Crippen molar-refractivity contribution in [1.82, 2.24) is 34.5 Å². The topological polar surface area (TPSA) is 112 Å². The third-order valence-electron chi connectivity index (χ3n) is 4.51. The maximum absolute atomic E-state index is 5.84. The minimum absolute atomic E-state index is 0.437. The average molecular weight is 383 g/mol. The molecular weight excluding hydrogens is 366 g/mol. The lowest BCUT2D eigenvalue weighted by Crippen LogP contribution is -2.02. The Morgan fingerprint density at radius 1 is 1.03 bits per heavy atom. The highest BCUT2D eigenvalue weighted by molar-refractivity contribution is 5.73. The average Bonchev–Trinajstić information content (AvgIpc) is 3.34. The normalized spacial score (nSPS) is 11.1. The number of fused-ring (bicyclic) bond motifs is 1. The number of anilines is 3. The van der Waals surface area contributed by atoms with Crippen LogP contribution < -0.4 is 11.1 Å². The predicted octanol–water partition coefficient (Wildman–Crippen LogP) is 2.94. The van der Waals surface area contributed by atoms with Gasteiger partial charge in [-0.15, -0.1) is 5.10 Å². The van der Waals surface area contributed by atoms with Crippen molar-refractivity contribution in [3.63, 3.8) is 0 Å². The van der Waals surface area contributed by atoms with Crippen LogP contribution in [0.4, 0.5) is 17.3 Å². The Kier molecular flexibility index (Phi) is 3.91. The summed E-state index contributed by atoms with van der Waals surface area (Å²) < 4.78 is 3.66. The summed E-state index contributed by atoms with van der Waals surface area (Å²) in [6.45, 7) is 0. The number of nitrogens with two attached hydrogens (primary N) is 1. The number of aryl methyl sites for hydroxylation is 1. The molecule has 0 saturated carbocycles. The summed E-state index contributed by atoms with van der Waals surface area (Å²) >= 11 is 0. The van der Waals surface area contributed by atoms with Crippen LogP contribution >= 0.6 is 0 Å². The molecule has 0 spiro atoms. The summed E-state index contributed by atoms with van der Waals surface area (Å²) in [6, 6.07) is 15.3. The van der Waals surface area contributed by atoms with Crippen molar-refractivity contribution in [2.45, 2.75) is 0 Å². The monoisotopic (exact) mass is 383 g/mol. The van der Waals surface area contributed by atoms with Crippen LogP contribution in [0.2, 0.25) is 0 Å². The van der Waals surface area contributed by atoms with E-state index in [0.717, 1.165) is 22.8 Å². The highest BCUT2D eigenvalue weighted by Crippen LogP contribution is 2.23. The second kappa shape index (κ2) is 6.71. The highest BCUT2D eigenvalue weighted by atomic mass is 15.4. The van der Waals surface area contributed by atoms with Gasteiger partial charge in [-0.1, -0.05) is 23.4 Å². The number of benzene rings is 2. The van der Waals surface area contributed by atoms with E-state index in [9.17, 15) is 0 Å². The van der Waals surface area contributed by atoms with Crippen molar-refractivity contribution in [2.24, 2.45) is 7.05 Å². The Morgan fingerprint density at radius 3 is 2.76 bits per heavy atom. The number of nitrogens with one attached hydrogen (secondary N) is 1. The lowest BCUT2D eigenvalue weighted by atomic mass is 10.2. The van der Waals surface area contributed by atoms with Crippen molar-refractivity contribution >= 4 is 28.5 Å². The lowest BCUT2D eigenvalue weighted by molar-refractivity contribution is 0.817. The molecule has 3 heterocycles. The number of hydrogen-bond acceptors (Lipinski definition) is 7. The van der Waals surface area contributed by atoms with Crippen LogP contribution in [0, 0.1) is 0 Å². The van der Waals surface area contributed by atoms with Crippen LogP contribution in [0.5, 0.6) is 0 Å². The van der Waals surface area contributed by atoms with Crippen molar-refractivity contribution < 1.29 is 0 Å². The SMILES string of the molecule is Cn1ccnc1-c1cccc(-n2nnc3cnc(Nc4cccc(N)c4)nc32)c1. The summed E-state index contributed by atoms with van der Waals surface area (Å²) in [5, 5.41) is 11.6. The molecule has 0 atom stereocenters. The standard InChI is InChI=1S/C20H17N9/c1-28-9-8-22-18(28)13-4-2-7-16(10-13)29-19-17(26-27-29)12-23-20(25-19)24-15-6-3-5-14(21)11-15/h2-12H,21H2,1H3,(H,23,24,25). The highest BCUT2D eigenvalue weighted by Gasteiger charge is 2.12. The first kappa shape index (κ1) is 16.9. The third kappa shape index (κ3) is 3.14. The maximum atomic E-state index is 5.84. The Morgan fingerprint density at radius 2 is 1.93 bits per heavy atom. The van der Waals surface area contributed by atoms with E-state index < -0.39 is 0 Å². The molecule has 0 aliphatic heterocycles. The minimum Gasteiger partial charge on any atom is -0.399 e. The molecule has 0 amide bonds. The van der Waals surface area contributed by atoms with Gasteiger partial charge in [0.15, 0.2) is 11.2 Å². The summed E-state index contributed by atoms with van der Waals surface area (Å²) in [5.74, 6) is 1.31. The van der Waals surface area contributed by atoms with Crippen LogP contribution in [0.15, 0.2) is 67.1 Å². The Bertz CT molecular complexity index is 1320. The molecule has 3 aromatic heterocycles. The van der Waals surface area contributed by atoms with Crippen molar-refractivity contribution in [3.8, 4) is 17.1 Å². The molecule has 29 heavy (non-hydrogen) atoms. The predicted molar refractivity (Wildman–Crippen MR) is 111 cm³/mol. The van der Waals surface area contributed by atoms with Gasteiger partial charge in [0.05, 0.1) is 11.9 Å². The molecule has 0 saturated heterocycles. The van der Waals surface area contributed by atoms with Crippen LogP contribution in [-0.4, -0.2) is 34.5 Å². The van der Waals surface area contributed by atoms with Crippen molar-refractivity contribution in [2.75, 3.05) is 11.1 Å². The molecule has 142 valence electrons. The van der Waals surface area contributed by atoms with Gasteiger partial charge in [0.25, 0.3) is 0 Å². The lowest BCUT2D eigenvalue weighted by Gasteiger charge is -2.07. The summed E-state index contributed by atoms with van der Waals surface area (Å²) in [6.07, 6.45) is 5.33. The molecule has 9 heteroatoms. The quantitative estimate of drug-likeness (QED) is 0.459. The first-order chi connectivity index (χ1) is 14.2. The largest absolute Gasteiger partial charge is 0.399 e. The Hall–Kier alpha value is -4.27. The van der Waals surface area contributed by atoms with Gasteiger partial charge in [0, 0.05) is 36.4 Å². The molecular formula is C20H17N9. The molecule has 0 aliphatic carbocycles. The van der Waals surface area contributed by atoms with Gasteiger partial charge in [-0.05, 0) is 30.3 Å². The van der Waals surface area contributed by atoms with E-state index in [4.69, 9.17) is 5.73 Å². The number of rotatable bonds is 4. The van der Waals surface area contributed by atoms with Crippen LogP contribution in [0.3, 0.4) is 0 Å². The summed E-state index contributed by atoms with van der Waals surface area (Å²) in [4.78, 5) is 13.3. The van der Waals surface area contributed by atoms with Gasteiger partial charge in [-0.3, -0.25) is 0 Å². The maximum Gasteiger partial charge on any atom is 0.229 e. The number of nitrogen functional groups attached to an aromatic ring is 1. The van der Waals surface area contributed by atoms with Gasteiger partial charge in [-0.25, -0.2) is 9.97 Å². The van der Waals surface area contributed by atoms with E-state index in [-0.39, 0.29) is 0 Å². The fourth-order valence-electron chi connectivity index (χ4n) is 3.13. The first-order valence-corrected chi connectivity index (χ1v) is 8.96. The summed E-state index contributed by atoms with van der Waals surface area (Å²) in [5.41, 5.74) is 10.3. The minimum atomic E-state index is 0.437. The zero-order valence-corrected chi connectivity index (χ0v) is 15.6. The Labute approximate surface area is 165 Å². The van der Waals surface area contributed by atoms with Gasteiger partial charge in [0.1, 0.15) is 5.82 Å². The number of nitrogens with zero attached hydrogens (tertiary/aromatic N) is 7. The second-order valence-electron chi connectivity index (χ2n) is 6.57. The number of imidazole rings is 1. The number of aromatic nitrogens is 7. The van der Waals surface area contributed by atoms with Crippen LogP contribution in [-0.2, 0) is 7.05 Å². The molecule has 0 bridgehead atoms. The number of hydrogen-bond donors (Lipinski definition) is 2. The van der Waals surface area contributed by atoms with Crippen molar-refractivity contribution in [3.05, 3.63) is 67.1 Å².